The van der Waals surface area contributed by atoms with Gasteiger partial charge in [-0.15, -0.1) is 0 Å². The summed E-state index contributed by atoms with van der Waals surface area (Å²) in [6, 6.07) is 0. The summed E-state index contributed by atoms with van der Waals surface area (Å²) in [5.74, 6) is -0.583. The van der Waals surface area contributed by atoms with Gasteiger partial charge in [0.05, 0.1) is 12.0 Å². The Balaban J connectivity index is 1.80. The molecule has 0 saturated carbocycles. The highest BCUT2D eigenvalue weighted by atomic mass is 127. The molecule has 0 bridgehead atoms. The minimum absolute atomic E-state index is 0.0579. The van der Waals surface area contributed by atoms with Crippen LogP contribution in [0.3, 0.4) is 0 Å². The van der Waals surface area contributed by atoms with Gasteiger partial charge >= 0.3 is 0 Å². The largest absolute Gasteiger partial charge is 0.352 e. The number of ether oxygens (including phenoxy) is 3. The number of rotatable bonds is 1. The van der Waals surface area contributed by atoms with Crippen LogP contribution in [0.5, 0.6) is 0 Å². The van der Waals surface area contributed by atoms with E-state index in [0.717, 1.165) is 14.6 Å². The van der Waals surface area contributed by atoms with Crippen molar-refractivity contribution >= 4 is 45.2 Å². The quantitative estimate of drug-likeness (QED) is 0.523. The van der Waals surface area contributed by atoms with Gasteiger partial charge < -0.3 is 18.8 Å². The lowest BCUT2D eigenvalue weighted by molar-refractivity contribution is -0.183. The molecule has 21 heavy (non-hydrogen) atoms. The molecule has 0 aromatic carbocycles. The van der Waals surface area contributed by atoms with Crippen molar-refractivity contribution in [2.45, 2.75) is 38.1 Å². The average molecular weight is 422 g/mol. The highest BCUT2D eigenvalue weighted by molar-refractivity contribution is 14.1. The maximum Gasteiger partial charge on any atom is 0.164 e. The van der Waals surface area contributed by atoms with Crippen molar-refractivity contribution in [3.05, 3.63) is 21.2 Å². The summed E-state index contributed by atoms with van der Waals surface area (Å²) >= 11 is 8.40. The van der Waals surface area contributed by atoms with Gasteiger partial charge in [-0.1, -0.05) is 11.6 Å². The Bertz CT molecular complexity index is 720. The summed E-state index contributed by atoms with van der Waals surface area (Å²) in [5, 5.41) is 1.28. The molecular formula is C13H13ClIN3O3. The van der Waals surface area contributed by atoms with Crippen LogP contribution in [0.2, 0.25) is 5.15 Å². The van der Waals surface area contributed by atoms with Gasteiger partial charge in [-0.05, 0) is 36.4 Å². The second-order valence-electron chi connectivity index (χ2n) is 5.61. The van der Waals surface area contributed by atoms with Crippen molar-refractivity contribution < 1.29 is 14.2 Å². The summed E-state index contributed by atoms with van der Waals surface area (Å²) in [6.45, 7) is 4.34. The van der Waals surface area contributed by atoms with Crippen molar-refractivity contribution in [2.75, 3.05) is 6.61 Å². The molecule has 0 N–H and O–H groups in total. The minimum atomic E-state index is -0.583. The maximum atomic E-state index is 6.17. The van der Waals surface area contributed by atoms with E-state index in [2.05, 4.69) is 32.6 Å². The zero-order valence-corrected chi connectivity index (χ0v) is 14.3. The van der Waals surface area contributed by atoms with Gasteiger partial charge in [0.25, 0.3) is 0 Å². The van der Waals surface area contributed by atoms with Crippen LogP contribution in [-0.2, 0) is 14.2 Å². The standard InChI is InChI=1S/C13H13ClIN3O3/c1-13(2)20-7-4-19-12(9(7)21-13)18-3-6(15)8-10(14)16-5-17-11(8)18/h3,5,7,9,12H,4H2,1-2H3/t7-,9-,12-/m1/s1. The first kappa shape index (κ1) is 14.1. The van der Waals surface area contributed by atoms with E-state index >= 15 is 0 Å². The van der Waals surface area contributed by atoms with Crippen LogP contribution in [0.1, 0.15) is 20.1 Å². The summed E-state index contributed by atoms with van der Waals surface area (Å²) < 4.78 is 20.6. The van der Waals surface area contributed by atoms with Crippen molar-refractivity contribution in [1.29, 1.82) is 0 Å². The van der Waals surface area contributed by atoms with Crippen molar-refractivity contribution in [3.8, 4) is 0 Å². The van der Waals surface area contributed by atoms with Crippen molar-refractivity contribution in [1.82, 2.24) is 14.5 Å². The summed E-state index contributed by atoms with van der Waals surface area (Å²) in [6.07, 6.45) is 2.94. The Morgan fingerprint density at radius 2 is 2.19 bits per heavy atom. The van der Waals surface area contributed by atoms with E-state index in [1.807, 2.05) is 24.6 Å². The fourth-order valence-corrected chi connectivity index (χ4v) is 4.15. The summed E-state index contributed by atoms with van der Waals surface area (Å²) in [7, 11) is 0. The number of fused-ring (bicyclic) bond motifs is 2. The molecule has 0 radical (unpaired) electrons. The number of halogens is 2. The number of hydrogen-bond donors (Lipinski definition) is 0. The maximum absolute atomic E-state index is 6.17. The number of hydrogen-bond acceptors (Lipinski definition) is 5. The van der Waals surface area contributed by atoms with Crippen LogP contribution >= 0.6 is 34.2 Å². The lowest BCUT2D eigenvalue weighted by Gasteiger charge is -2.22. The Morgan fingerprint density at radius 1 is 1.38 bits per heavy atom. The molecule has 2 fully saturated rings. The molecule has 4 rings (SSSR count). The first-order chi connectivity index (χ1) is 9.96. The van der Waals surface area contributed by atoms with E-state index in [1.165, 1.54) is 6.33 Å². The van der Waals surface area contributed by atoms with Gasteiger partial charge in [-0.2, -0.15) is 0 Å². The molecule has 3 atom stereocenters. The zero-order valence-electron chi connectivity index (χ0n) is 11.4. The number of nitrogens with zero attached hydrogens (tertiary/aromatic N) is 3. The molecule has 2 aromatic heterocycles. The third-order valence-corrected chi connectivity index (χ3v) is 4.83. The second-order valence-corrected chi connectivity index (χ2v) is 7.13. The second kappa shape index (κ2) is 4.76. The Labute approximate surface area is 139 Å². The van der Waals surface area contributed by atoms with Crippen LogP contribution in [-0.4, -0.2) is 39.1 Å². The van der Waals surface area contributed by atoms with E-state index in [1.54, 1.807) is 0 Å². The molecule has 4 heterocycles. The predicted octanol–water partition coefficient (Wildman–Crippen LogP) is 2.74. The van der Waals surface area contributed by atoms with Gasteiger partial charge in [0, 0.05) is 9.77 Å². The average Bonchev–Trinajstić information content (AvgIpc) is 3.00. The topological polar surface area (TPSA) is 58.4 Å². The Morgan fingerprint density at radius 3 is 3.00 bits per heavy atom. The summed E-state index contributed by atoms with van der Waals surface area (Å²) in [4.78, 5) is 8.38. The monoisotopic (exact) mass is 421 g/mol. The smallest absolute Gasteiger partial charge is 0.164 e. The van der Waals surface area contributed by atoms with Crippen molar-refractivity contribution in [3.63, 3.8) is 0 Å². The zero-order chi connectivity index (χ0) is 14.8. The fraction of sp³-hybridized carbons (Fsp3) is 0.538. The molecule has 2 saturated heterocycles. The number of aromatic nitrogens is 3. The van der Waals surface area contributed by atoms with Crippen LogP contribution in [0.15, 0.2) is 12.5 Å². The van der Waals surface area contributed by atoms with Crippen LogP contribution in [0, 0.1) is 3.57 Å². The Kier molecular flexibility index (Phi) is 3.20. The first-order valence-electron chi connectivity index (χ1n) is 6.60. The molecule has 2 aromatic rings. The highest BCUT2D eigenvalue weighted by Gasteiger charge is 2.51. The molecule has 0 spiro atoms. The van der Waals surface area contributed by atoms with Gasteiger partial charge in [0.2, 0.25) is 0 Å². The van der Waals surface area contributed by atoms with Crippen LogP contribution in [0.25, 0.3) is 11.0 Å². The lowest BCUT2D eigenvalue weighted by Crippen LogP contribution is -2.27. The lowest BCUT2D eigenvalue weighted by atomic mass is 10.2. The van der Waals surface area contributed by atoms with Crippen LogP contribution in [0.4, 0.5) is 0 Å². The van der Waals surface area contributed by atoms with Crippen LogP contribution < -0.4 is 0 Å². The third-order valence-electron chi connectivity index (χ3n) is 3.72. The third kappa shape index (κ3) is 2.17. The molecule has 112 valence electrons. The van der Waals surface area contributed by atoms with E-state index in [4.69, 9.17) is 25.8 Å². The van der Waals surface area contributed by atoms with Gasteiger partial charge in [-0.3, -0.25) is 0 Å². The van der Waals surface area contributed by atoms with Crippen molar-refractivity contribution in [2.24, 2.45) is 0 Å². The van der Waals surface area contributed by atoms with E-state index in [0.29, 0.717) is 11.8 Å². The van der Waals surface area contributed by atoms with E-state index in [-0.39, 0.29) is 18.4 Å². The van der Waals surface area contributed by atoms with E-state index in [9.17, 15) is 0 Å². The summed E-state index contributed by atoms with van der Waals surface area (Å²) in [5.41, 5.74) is 0.748. The highest BCUT2D eigenvalue weighted by Crippen LogP contribution is 2.41. The SMILES string of the molecule is CC1(C)O[C@H]2[C@H](n3cc(I)c4c(Cl)ncnc43)OC[C@H]2O1. The normalized spacial score (nSPS) is 31.0. The Hall–Kier alpha value is -0.480. The molecule has 8 heteroatoms. The molecule has 2 aliphatic rings. The van der Waals surface area contributed by atoms with Gasteiger partial charge in [-0.25, -0.2) is 9.97 Å². The molecule has 6 nitrogen and oxygen atoms in total. The molecule has 2 aliphatic heterocycles. The van der Waals surface area contributed by atoms with E-state index < -0.39 is 5.79 Å². The van der Waals surface area contributed by atoms with Gasteiger partial charge in [0.1, 0.15) is 29.3 Å². The fourth-order valence-electron chi connectivity index (χ4n) is 2.96. The molecule has 0 amide bonds. The molecule has 0 aliphatic carbocycles. The predicted molar refractivity (Wildman–Crippen MR) is 84.1 cm³/mol. The first-order valence-corrected chi connectivity index (χ1v) is 8.06. The van der Waals surface area contributed by atoms with Gasteiger partial charge in [0.15, 0.2) is 12.0 Å². The minimum Gasteiger partial charge on any atom is -0.352 e. The molecular weight excluding hydrogens is 409 g/mol. The molecule has 0 unspecified atom stereocenters.